The second-order valence-electron chi connectivity index (χ2n) is 8.17. The number of hydrogen-bond donors (Lipinski definition) is 0. The lowest BCUT2D eigenvalue weighted by Crippen LogP contribution is -2.35. The van der Waals surface area contributed by atoms with Gasteiger partial charge in [0, 0.05) is 31.7 Å². The minimum absolute atomic E-state index is 0.275. The SMILES string of the molecule is COc1ccc(S(=O)(=O)N2CCCN(c3nc4ccccc4nc3-c3ccccc3)CC2)cc1. The number of benzene rings is 3. The Morgan fingerprint density at radius 2 is 1.44 bits per heavy atom. The number of rotatable bonds is 5. The van der Waals surface area contributed by atoms with Crippen LogP contribution in [-0.4, -0.2) is 56.0 Å². The van der Waals surface area contributed by atoms with Gasteiger partial charge < -0.3 is 9.64 Å². The lowest BCUT2D eigenvalue weighted by atomic mass is 10.1. The molecule has 4 aromatic rings. The zero-order chi connectivity index (χ0) is 23.5. The van der Waals surface area contributed by atoms with Gasteiger partial charge in [-0.2, -0.15) is 4.31 Å². The molecule has 0 radical (unpaired) electrons. The number of anilines is 1. The standard InChI is InChI=1S/C26H26N4O3S/c1-33-21-12-14-22(15-13-21)34(31,32)30-17-7-16-29(18-19-30)26-25(20-8-3-2-4-9-20)27-23-10-5-6-11-24(23)28-26/h2-6,8-15H,7,16-19H2,1H3. The van der Waals surface area contributed by atoms with Crippen LogP contribution in [0.1, 0.15) is 6.42 Å². The van der Waals surface area contributed by atoms with E-state index < -0.39 is 10.0 Å². The normalized spacial score (nSPS) is 15.3. The maximum absolute atomic E-state index is 13.3. The third-order valence-electron chi connectivity index (χ3n) is 6.05. The summed E-state index contributed by atoms with van der Waals surface area (Å²) in [5.41, 5.74) is 3.46. The summed E-state index contributed by atoms with van der Waals surface area (Å²) in [6.45, 7) is 2.05. The van der Waals surface area contributed by atoms with Gasteiger partial charge in [-0.25, -0.2) is 18.4 Å². The first-order chi connectivity index (χ1) is 16.6. The van der Waals surface area contributed by atoms with Gasteiger partial charge in [-0.15, -0.1) is 0 Å². The molecule has 34 heavy (non-hydrogen) atoms. The number of sulfonamides is 1. The van der Waals surface area contributed by atoms with Crippen LogP contribution >= 0.6 is 0 Å². The van der Waals surface area contributed by atoms with E-state index in [1.807, 2.05) is 54.6 Å². The Morgan fingerprint density at radius 3 is 2.15 bits per heavy atom. The molecule has 2 heterocycles. The van der Waals surface area contributed by atoms with Crippen molar-refractivity contribution in [2.75, 3.05) is 38.2 Å². The highest BCUT2D eigenvalue weighted by molar-refractivity contribution is 7.89. The number of aromatic nitrogens is 2. The van der Waals surface area contributed by atoms with Gasteiger partial charge in [-0.3, -0.25) is 0 Å². The average molecular weight is 475 g/mol. The summed E-state index contributed by atoms with van der Waals surface area (Å²) in [5, 5.41) is 0. The van der Waals surface area contributed by atoms with E-state index in [2.05, 4.69) is 4.90 Å². The highest BCUT2D eigenvalue weighted by atomic mass is 32.2. The third-order valence-corrected chi connectivity index (χ3v) is 7.96. The van der Waals surface area contributed by atoms with Crippen LogP contribution in [0, 0.1) is 0 Å². The molecule has 1 fully saturated rings. The largest absolute Gasteiger partial charge is 0.497 e. The minimum atomic E-state index is -3.60. The Kier molecular flexibility index (Phi) is 6.17. The quantitative estimate of drug-likeness (QED) is 0.431. The van der Waals surface area contributed by atoms with Crippen LogP contribution in [0.3, 0.4) is 0 Å². The monoisotopic (exact) mass is 474 g/mol. The van der Waals surface area contributed by atoms with Crippen LogP contribution in [0.25, 0.3) is 22.3 Å². The van der Waals surface area contributed by atoms with E-state index in [0.29, 0.717) is 38.3 Å². The predicted octanol–water partition coefficient (Wildman–Crippen LogP) is 4.21. The number of para-hydroxylation sites is 2. The van der Waals surface area contributed by atoms with Crippen LogP contribution in [-0.2, 0) is 10.0 Å². The average Bonchev–Trinajstić information content (AvgIpc) is 3.15. The molecular weight excluding hydrogens is 448 g/mol. The summed E-state index contributed by atoms with van der Waals surface area (Å²) in [6.07, 6.45) is 0.693. The van der Waals surface area contributed by atoms with E-state index in [9.17, 15) is 8.42 Å². The van der Waals surface area contributed by atoms with Gasteiger partial charge in [0.2, 0.25) is 10.0 Å². The number of ether oxygens (including phenoxy) is 1. The van der Waals surface area contributed by atoms with Crippen molar-refractivity contribution in [3.8, 4) is 17.0 Å². The van der Waals surface area contributed by atoms with E-state index in [0.717, 1.165) is 28.1 Å². The van der Waals surface area contributed by atoms with Crippen molar-refractivity contribution in [2.24, 2.45) is 0 Å². The Morgan fingerprint density at radius 1 is 0.765 bits per heavy atom. The molecule has 0 saturated carbocycles. The molecule has 1 aromatic heterocycles. The van der Waals surface area contributed by atoms with Crippen molar-refractivity contribution < 1.29 is 13.2 Å². The van der Waals surface area contributed by atoms with Crippen LogP contribution in [0.5, 0.6) is 5.75 Å². The molecule has 0 unspecified atom stereocenters. The highest BCUT2D eigenvalue weighted by Crippen LogP contribution is 2.31. The molecule has 1 saturated heterocycles. The van der Waals surface area contributed by atoms with Crippen molar-refractivity contribution in [3.05, 3.63) is 78.9 Å². The summed E-state index contributed by atoms with van der Waals surface area (Å²) in [7, 11) is -2.04. The van der Waals surface area contributed by atoms with E-state index in [1.165, 1.54) is 0 Å². The van der Waals surface area contributed by atoms with Crippen molar-refractivity contribution in [3.63, 3.8) is 0 Å². The van der Waals surface area contributed by atoms with Crippen LogP contribution in [0.15, 0.2) is 83.8 Å². The number of nitrogens with zero attached hydrogens (tertiary/aromatic N) is 4. The summed E-state index contributed by atoms with van der Waals surface area (Å²) >= 11 is 0. The Hall–Kier alpha value is -3.49. The molecule has 1 aliphatic rings. The lowest BCUT2D eigenvalue weighted by molar-refractivity contribution is 0.413. The van der Waals surface area contributed by atoms with Crippen molar-refractivity contribution >= 4 is 26.9 Å². The van der Waals surface area contributed by atoms with E-state index >= 15 is 0 Å². The van der Waals surface area contributed by atoms with Gasteiger partial charge in [0.1, 0.15) is 11.4 Å². The maximum Gasteiger partial charge on any atom is 0.243 e. The molecule has 0 amide bonds. The van der Waals surface area contributed by atoms with E-state index in [4.69, 9.17) is 14.7 Å². The van der Waals surface area contributed by atoms with Crippen molar-refractivity contribution in [1.82, 2.24) is 14.3 Å². The molecule has 0 N–H and O–H groups in total. The van der Waals surface area contributed by atoms with Gasteiger partial charge >= 0.3 is 0 Å². The van der Waals surface area contributed by atoms with Gasteiger partial charge in [-0.1, -0.05) is 42.5 Å². The van der Waals surface area contributed by atoms with Crippen molar-refractivity contribution in [1.29, 1.82) is 0 Å². The topological polar surface area (TPSA) is 75.6 Å². The first kappa shape index (κ1) is 22.3. The van der Waals surface area contributed by atoms with Crippen LogP contribution in [0.4, 0.5) is 5.82 Å². The number of methoxy groups -OCH3 is 1. The molecule has 0 spiro atoms. The first-order valence-corrected chi connectivity index (χ1v) is 12.7. The molecule has 174 valence electrons. The zero-order valence-electron chi connectivity index (χ0n) is 19.0. The van der Waals surface area contributed by atoms with Crippen LogP contribution in [0.2, 0.25) is 0 Å². The lowest BCUT2D eigenvalue weighted by Gasteiger charge is -2.25. The second kappa shape index (κ2) is 9.40. The molecular formula is C26H26N4O3S. The minimum Gasteiger partial charge on any atom is -0.497 e. The smallest absolute Gasteiger partial charge is 0.243 e. The van der Waals surface area contributed by atoms with E-state index in [1.54, 1.807) is 35.7 Å². The van der Waals surface area contributed by atoms with E-state index in [-0.39, 0.29) is 4.90 Å². The number of fused-ring (bicyclic) bond motifs is 1. The molecule has 3 aromatic carbocycles. The maximum atomic E-state index is 13.3. The molecule has 0 atom stereocenters. The highest BCUT2D eigenvalue weighted by Gasteiger charge is 2.28. The fraction of sp³-hybridized carbons (Fsp3) is 0.231. The summed E-state index contributed by atoms with van der Waals surface area (Å²) in [6, 6.07) is 24.4. The fourth-order valence-corrected chi connectivity index (χ4v) is 5.71. The molecule has 0 aliphatic carbocycles. The summed E-state index contributed by atoms with van der Waals surface area (Å²) in [5.74, 6) is 1.41. The second-order valence-corrected chi connectivity index (χ2v) is 10.1. The molecule has 1 aliphatic heterocycles. The fourth-order valence-electron chi connectivity index (χ4n) is 4.24. The zero-order valence-corrected chi connectivity index (χ0v) is 19.8. The van der Waals surface area contributed by atoms with Crippen molar-refractivity contribution in [2.45, 2.75) is 11.3 Å². The van der Waals surface area contributed by atoms with Gasteiger partial charge in [0.25, 0.3) is 0 Å². The summed E-state index contributed by atoms with van der Waals surface area (Å²) in [4.78, 5) is 12.3. The van der Waals surface area contributed by atoms with Gasteiger partial charge in [0.15, 0.2) is 5.82 Å². The molecule has 8 heteroatoms. The Balaban J connectivity index is 1.46. The molecule has 5 rings (SSSR count). The third kappa shape index (κ3) is 4.34. The van der Waals surface area contributed by atoms with Gasteiger partial charge in [-0.05, 0) is 42.8 Å². The molecule has 0 bridgehead atoms. The predicted molar refractivity (Wildman–Crippen MR) is 134 cm³/mol. The summed E-state index contributed by atoms with van der Waals surface area (Å²) < 4.78 is 33.3. The van der Waals surface area contributed by atoms with Gasteiger partial charge in [0.05, 0.1) is 23.0 Å². The Bertz CT molecular complexity index is 1390. The Labute approximate surface area is 199 Å². The number of hydrogen-bond acceptors (Lipinski definition) is 6. The first-order valence-electron chi connectivity index (χ1n) is 11.3. The van der Waals surface area contributed by atoms with Crippen LogP contribution < -0.4 is 9.64 Å². The molecule has 7 nitrogen and oxygen atoms in total.